The van der Waals surface area contributed by atoms with Crippen LogP contribution in [0.15, 0.2) is 30.5 Å². The summed E-state index contributed by atoms with van der Waals surface area (Å²) in [6.07, 6.45) is 7.45. The summed E-state index contributed by atoms with van der Waals surface area (Å²) in [5.41, 5.74) is 0.754. The molecule has 27 heavy (non-hydrogen) atoms. The van der Waals surface area contributed by atoms with Crippen molar-refractivity contribution in [3.05, 3.63) is 30.5 Å². The standard InChI is InChI=1S/C21H28N2O4/c1-27-18-7-5-6-17-16(18)8-12-23(17)13-9-19(24)22-15-21(14-20(25)26)10-3-2-4-11-21/h5-8,12H,2-4,9-11,13-15H2,1H3,(H,22,24)(H,25,26). The number of aryl methyl sites for hydroxylation is 1. The SMILES string of the molecule is COc1cccc2c1ccn2CCC(=O)NCC1(CC(=O)O)CCCCC1. The Hall–Kier alpha value is -2.50. The van der Waals surface area contributed by atoms with E-state index in [-0.39, 0.29) is 17.7 Å². The Bertz CT molecular complexity index is 806. The number of nitrogens with zero attached hydrogens (tertiary/aromatic N) is 1. The summed E-state index contributed by atoms with van der Waals surface area (Å²) in [6, 6.07) is 7.87. The minimum absolute atomic E-state index is 0.0323. The van der Waals surface area contributed by atoms with E-state index in [0.717, 1.165) is 48.8 Å². The van der Waals surface area contributed by atoms with Gasteiger partial charge in [0.05, 0.1) is 19.0 Å². The number of methoxy groups -OCH3 is 1. The second-order valence-electron chi connectivity index (χ2n) is 7.56. The van der Waals surface area contributed by atoms with E-state index in [4.69, 9.17) is 4.74 Å². The van der Waals surface area contributed by atoms with Crippen LogP contribution in [0.4, 0.5) is 0 Å². The highest BCUT2D eigenvalue weighted by Crippen LogP contribution is 2.38. The first-order chi connectivity index (χ1) is 13.0. The summed E-state index contributed by atoms with van der Waals surface area (Å²) >= 11 is 0. The van der Waals surface area contributed by atoms with Crippen molar-refractivity contribution in [2.24, 2.45) is 5.41 Å². The lowest BCUT2D eigenvalue weighted by Gasteiger charge is -2.36. The number of hydrogen-bond acceptors (Lipinski definition) is 3. The Balaban J connectivity index is 1.57. The first kappa shape index (κ1) is 19.3. The zero-order valence-corrected chi connectivity index (χ0v) is 15.9. The molecule has 0 bridgehead atoms. The average Bonchev–Trinajstić information content (AvgIpc) is 3.08. The van der Waals surface area contributed by atoms with Crippen LogP contribution in [0.1, 0.15) is 44.9 Å². The lowest BCUT2D eigenvalue weighted by Crippen LogP contribution is -2.40. The van der Waals surface area contributed by atoms with E-state index < -0.39 is 5.97 Å². The van der Waals surface area contributed by atoms with Crippen LogP contribution in [0.5, 0.6) is 5.75 Å². The molecule has 0 radical (unpaired) electrons. The van der Waals surface area contributed by atoms with Crippen molar-refractivity contribution in [3.8, 4) is 5.75 Å². The molecule has 1 heterocycles. The number of aromatic nitrogens is 1. The number of nitrogens with one attached hydrogen (secondary N) is 1. The van der Waals surface area contributed by atoms with Gasteiger partial charge in [-0.3, -0.25) is 9.59 Å². The minimum atomic E-state index is -0.779. The van der Waals surface area contributed by atoms with Crippen molar-refractivity contribution >= 4 is 22.8 Å². The molecular weight excluding hydrogens is 344 g/mol. The molecule has 1 fully saturated rings. The van der Waals surface area contributed by atoms with E-state index in [0.29, 0.717) is 19.5 Å². The number of carbonyl (C=O) groups excluding carboxylic acids is 1. The van der Waals surface area contributed by atoms with Gasteiger partial charge in [0.15, 0.2) is 0 Å². The van der Waals surface area contributed by atoms with Crippen LogP contribution >= 0.6 is 0 Å². The molecule has 0 aliphatic heterocycles. The fourth-order valence-electron chi connectivity index (χ4n) is 4.20. The molecule has 1 aliphatic carbocycles. The van der Waals surface area contributed by atoms with E-state index >= 15 is 0 Å². The van der Waals surface area contributed by atoms with Gasteiger partial charge in [-0.25, -0.2) is 0 Å². The molecule has 6 nitrogen and oxygen atoms in total. The predicted octanol–water partition coefficient (Wildman–Crippen LogP) is 3.58. The number of carboxylic acids is 1. The van der Waals surface area contributed by atoms with E-state index in [1.807, 2.05) is 35.0 Å². The monoisotopic (exact) mass is 372 g/mol. The Morgan fingerprint density at radius 3 is 2.70 bits per heavy atom. The summed E-state index contributed by atoms with van der Waals surface area (Å²) < 4.78 is 7.42. The van der Waals surface area contributed by atoms with Crippen LogP contribution in [0, 0.1) is 5.41 Å². The largest absolute Gasteiger partial charge is 0.496 e. The third kappa shape index (κ3) is 4.62. The van der Waals surface area contributed by atoms with E-state index in [1.165, 1.54) is 0 Å². The zero-order valence-electron chi connectivity index (χ0n) is 15.9. The second kappa shape index (κ2) is 8.46. The van der Waals surface area contributed by atoms with Crippen molar-refractivity contribution in [3.63, 3.8) is 0 Å². The van der Waals surface area contributed by atoms with Gasteiger partial charge in [0, 0.05) is 31.1 Å². The molecule has 3 rings (SSSR count). The maximum atomic E-state index is 12.4. The number of ether oxygens (including phenoxy) is 1. The van der Waals surface area contributed by atoms with Gasteiger partial charge < -0.3 is 19.7 Å². The number of carbonyl (C=O) groups is 2. The van der Waals surface area contributed by atoms with Gasteiger partial charge in [0.25, 0.3) is 0 Å². The summed E-state index contributed by atoms with van der Waals surface area (Å²) in [5.74, 6) is 0.0117. The first-order valence-electron chi connectivity index (χ1n) is 9.63. The third-order valence-electron chi connectivity index (χ3n) is 5.67. The zero-order chi connectivity index (χ0) is 19.3. The minimum Gasteiger partial charge on any atom is -0.496 e. The van der Waals surface area contributed by atoms with Crippen molar-refractivity contribution in [1.29, 1.82) is 0 Å². The van der Waals surface area contributed by atoms with Crippen LogP contribution in [0.25, 0.3) is 10.9 Å². The number of aliphatic carboxylic acids is 1. The number of carboxylic acid groups (broad SMARTS) is 1. The topological polar surface area (TPSA) is 80.6 Å². The predicted molar refractivity (Wildman–Crippen MR) is 104 cm³/mol. The van der Waals surface area contributed by atoms with Gasteiger partial charge in [-0.2, -0.15) is 0 Å². The van der Waals surface area contributed by atoms with Crippen LogP contribution in [0.3, 0.4) is 0 Å². The van der Waals surface area contributed by atoms with Crippen LogP contribution in [-0.4, -0.2) is 35.2 Å². The van der Waals surface area contributed by atoms with Crippen molar-refractivity contribution < 1.29 is 19.4 Å². The molecule has 1 aromatic heterocycles. The second-order valence-corrected chi connectivity index (χ2v) is 7.56. The van der Waals surface area contributed by atoms with Gasteiger partial charge in [-0.15, -0.1) is 0 Å². The molecule has 0 spiro atoms. The van der Waals surface area contributed by atoms with E-state index in [1.54, 1.807) is 7.11 Å². The highest BCUT2D eigenvalue weighted by Gasteiger charge is 2.34. The van der Waals surface area contributed by atoms with E-state index in [2.05, 4.69) is 5.32 Å². The normalized spacial score (nSPS) is 16.2. The van der Waals surface area contributed by atoms with Gasteiger partial charge in [0.1, 0.15) is 5.75 Å². The molecule has 2 aromatic rings. The number of hydrogen-bond donors (Lipinski definition) is 2. The maximum absolute atomic E-state index is 12.4. The highest BCUT2D eigenvalue weighted by molar-refractivity contribution is 5.86. The summed E-state index contributed by atoms with van der Waals surface area (Å²) in [6.45, 7) is 1.03. The van der Waals surface area contributed by atoms with Gasteiger partial charge in [-0.05, 0) is 36.5 Å². The molecule has 0 atom stereocenters. The van der Waals surface area contributed by atoms with Crippen molar-refractivity contribution in [2.45, 2.75) is 51.5 Å². The first-order valence-corrected chi connectivity index (χ1v) is 9.63. The third-order valence-corrected chi connectivity index (χ3v) is 5.67. The Morgan fingerprint density at radius 2 is 2.00 bits per heavy atom. The Labute approximate surface area is 159 Å². The van der Waals surface area contributed by atoms with E-state index in [9.17, 15) is 14.7 Å². The molecule has 0 unspecified atom stereocenters. The average molecular weight is 372 g/mol. The number of fused-ring (bicyclic) bond motifs is 1. The molecule has 0 saturated heterocycles. The maximum Gasteiger partial charge on any atom is 0.303 e. The van der Waals surface area contributed by atoms with Crippen LogP contribution in [-0.2, 0) is 16.1 Å². The molecule has 1 aromatic carbocycles. The van der Waals surface area contributed by atoms with Crippen LogP contribution < -0.4 is 10.1 Å². The fourth-order valence-corrected chi connectivity index (χ4v) is 4.20. The van der Waals surface area contributed by atoms with Crippen molar-refractivity contribution in [2.75, 3.05) is 13.7 Å². The highest BCUT2D eigenvalue weighted by atomic mass is 16.5. The molecule has 1 amide bonds. The summed E-state index contributed by atoms with van der Waals surface area (Å²) in [7, 11) is 1.65. The van der Waals surface area contributed by atoms with Gasteiger partial charge >= 0.3 is 5.97 Å². The van der Waals surface area contributed by atoms with Gasteiger partial charge in [0.2, 0.25) is 5.91 Å². The lowest BCUT2D eigenvalue weighted by molar-refractivity contribution is -0.140. The number of benzene rings is 1. The Kier molecular flexibility index (Phi) is 6.04. The lowest BCUT2D eigenvalue weighted by atomic mass is 9.71. The smallest absolute Gasteiger partial charge is 0.303 e. The fraction of sp³-hybridized carbons (Fsp3) is 0.524. The summed E-state index contributed by atoms with van der Waals surface area (Å²) in [5, 5.41) is 13.3. The quantitative estimate of drug-likeness (QED) is 0.742. The number of rotatable bonds is 8. The van der Waals surface area contributed by atoms with Gasteiger partial charge in [-0.1, -0.05) is 25.3 Å². The molecule has 146 valence electrons. The molecule has 1 aliphatic rings. The Morgan fingerprint density at radius 1 is 1.22 bits per heavy atom. The molecule has 6 heteroatoms. The summed E-state index contributed by atoms with van der Waals surface area (Å²) in [4.78, 5) is 23.6. The molecular formula is C21H28N2O4. The van der Waals surface area contributed by atoms with Crippen LogP contribution in [0.2, 0.25) is 0 Å². The molecule has 2 N–H and O–H groups in total. The number of amides is 1. The van der Waals surface area contributed by atoms with Crippen molar-refractivity contribution in [1.82, 2.24) is 9.88 Å². The molecule has 1 saturated carbocycles.